The lowest BCUT2D eigenvalue weighted by molar-refractivity contribution is -0.117. The third kappa shape index (κ3) is 2.23. The number of aryl methyl sites for hydroxylation is 1. The lowest BCUT2D eigenvalue weighted by Gasteiger charge is -2.21. The Bertz CT molecular complexity index is 495. The maximum Gasteiger partial charge on any atom is 0.255 e. The van der Waals surface area contributed by atoms with Crippen molar-refractivity contribution in [2.24, 2.45) is 0 Å². The van der Waals surface area contributed by atoms with Gasteiger partial charge >= 0.3 is 0 Å². The van der Waals surface area contributed by atoms with Gasteiger partial charge in [0.25, 0.3) is 5.91 Å². The zero-order valence-electron chi connectivity index (χ0n) is 11.1. The van der Waals surface area contributed by atoms with Crippen LogP contribution in [0, 0.1) is 6.92 Å². The number of anilines is 1. The van der Waals surface area contributed by atoms with E-state index in [1.165, 1.54) is 0 Å². The molecule has 0 spiro atoms. The molecular weight excluding hydrogens is 228 g/mol. The van der Waals surface area contributed by atoms with E-state index >= 15 is 0 Å². The fourth-order valence-electron chi connectivity index (χ4n) is 2.20. The van der Waals surface area contributed by atoms with Gasteiger partial charge in [0, 0.05) is 27.1 Å². The molecule has 1 aromatic rings. The first-order valence-electron chi connectivity index (χ1n) is 6.13. The van der Waals surface area contributed by atoms with Gasteiger partial charge in [0.05, 0.1) is 11.3 Å². The van der Waals surface area contributed by atoms with E-state index in [1.54, 1.807) is 23.9 Å². The fourth-order valence-corrected chi connectivity index (χ4v) is 2.20. The Morgan fingerprint density at radius 1 is 1.33 bits per heavy atom. The van der Waals surface area contributed by atoms with E-state index in [1.807, 2.05) is 25.1 Å². The first kappa shape index (κ1) is 12.6. The summed E-state index contributed by atoms with van der Waals surface area (Å²) >= 11 is 0. The Balaban J connectivity index is 2.46. The molecule has 1 saturated heterocycles. The highest BCUT2D eigenvalue weighted by atomic mass is 16.2. The van der Waals surface area contributed by atoms with Crippen LogP contribution in [0.1, 0.15) is 28.8 Å². The Labute approximate surface area is 107 Å². The first-order valence-corrected chi connectivity index (χ1v) is 6.13. The molecule has 0 radical (unpaired) electrons. The van der Waals surface area contributed by atoms with Crippen molar-refractivity contribution in [3.8, 4) is 0 Å². The third-order valence-corrected chi connectivity index (χ3v) is 3.15. The average Bonchev–Trinajstić information content (AvgIpc) is 2.74. The minimum atomic E-state index is -0.0617. The third-order valence-electron chi connectivity index (χ3n) is 3.15. The monoisotopic (exact) mass is 246 g/mol. The number of amides is 2. The molecule has 2 rings (SSSR count). The fraction of sp³-hybridized carbons (Fsp3) is 0.429. The lowest BCUT2D eigenvalue weighted by Crippen LogP contribution is -2.29. The van der Waals surface area contributed by atoms with Gasteiger partial charge in [-0.2, -0.15) is 0 Å². The topological polar surface area (TPSA) is 40.6 Å². The normalized spacial score (nSPS) is 15.1. The predicted molar refractivity (Wildman–Crippen MR) is 70.8 cm³/mol. The van der Waals surface area contributed by atoms with E-state index in [0.29, 0.717) is 18.5 Å². The molecule has 1 heterocycles. The van der Waals surface area contributed by atoms with Gasteiger partial charge in [-0.15, -0.1) is 0 Å². The molecular formula is C14H18N2O2. The Kier molecular flexibility index (Phi) is 3.36. The van der Waals surface area contributed by atoms with Crippen LogP contribution in [0.4, 0.5) is 5.69 Å². The van der Waals surface area contributed by atoms with Crippen LogP contribution in [-0.2, 0) is 4.79 Å². The average molecular weight is 246 g/mol. The minimum absolute atomic E-state index is 0.0617. The number of benzene rings is 1. The highest BCUT2D eigenvalue weighted by molar-refractivity contribution is 6.05. The largest absolute Gasteiger partial charge is 0.345 e. The van der Waals surface area contributed by atoms with Crippen LogP contribution in [0.2, 0.25) is 0 Å². The van der Waals surface area contributed by atoms with E-state index in [-0.39, 0.29) is 11.8 Å². The van der Waals surface area contributed by atoms with Crippen molar-refractivity contribution in [2.45, 2.75) is 19.8 Å². The van der Waals surface area contributed by atoms with Crippen molar-refractivity contribution in [1.82, 2.24) is 4.90 Å². The molecule has 1 aliphatic heterocycles. The van der Waals surface area contributed by atoms with E-state index in [9.17, 15) is 9.59 Å². The molecule has 1 aliphatic rings. The van der Waals surface area contributed by atoms with Gasteiger partial charge in [-0.05, 0) is 25.5 Å². The number of rotatable bonds is 2. The van der Waals surface area contributed by atoms with Crippen LogP contribution in [-0.4, -0.2) is 37.4 Å². The zero-order valence-corrected chi connectivity index (χ0v) is 11.1. The van der Waals surface area contributed by atoms with Crippen molar-refractivity contribution in [2.75, 3.05) is 25.5 Å². The molecule has 4 nitrogen and oxygen atoms in total. The minimum Gasteiger partial charge on any atom is -0.345 e. The second kappa shape index (κ2) is 4.80. The Hall–Kier alpha value is -1.84. The second-order valence-electron chi connectivity index (χ2n) is 4.87. The molecule has 0 aliphatic carbocycles. The summed E-state index contributed by atoms with van der Waals surface area (Å²) < 4.78 is 0. The van der Waals surface area contributed by atoms with Crippen LogP contribution in [0.25, 0.3) is 0 Å². The SMILES string of the molecule is Cc1ccc(N2CCCC2=O)c(C(=O)N(C)C)c1. The molecule has 0 unspecified atom stereocenters. The van der Waals surface area contributed by atoms with Gasteiger partial charge in [0.1, 0.15) is 0 Å². The lowest BCUT2D eigenvalue weighted by atomic mass is 10.1. The maximum absolute atomic E-state index is 12.2. The summed E-state index contributed by atoms with van der Waals surface area (Å²) in [5, 5.41) is 0. The van der Waals surface area contributed by atoms with E-state index < -0.39 is 0 Å². The Morgan fingerprint density at radius 3 is 2.61 bits per heavy atom. The highest BCUT2D eigenvalue weighted by Crippen LogP contribution is 2.27. The van der Waals surface area contributed by atoms with Gasteiger partial charge in [-0.25, -0.2) is 0 Å². The molecule has 0 saturated carbocycles. The van der Waals surface area contributed by atoms with Crippen molar-refractivity contribution in [3.63, 3.8) is 0 Å². The molecule has 0 aromatic heterocycles. The molecule has 1 aromatic carbocycles. The van der Waals surface area contributed by atoms with Gasteiger partial charge in [-0.1, -0.05) is 11.6 Å². The summed E-state index contributed by atoms with van der Waals surface area (Å²) in [7, 11) is 3.44. The van der Waals surface area contributed by atoms with Crippen molar-refractivity contribution in [3.05, 3.63) is 29.3 Å². The zero-order chi connectivity index (χ0) is 13.3. The van der Waals surface area contributed by atoms with Gasteiger partial charge in [0.15, 0.2) is 0 Å². The highest BCUT2D eigenvalue weighted by Gasteiger charge is 2.26. The molecule has 0 atom stereocenters. The van der Waals surface area contributed by atoms with Gasteiger partial charge < -0.3 is 9.80 Å². The number of hydrogen-bond acceptors (Lipinski definition) is 2. The van der Waals surface area contributed by atoms with Crippen molar-refractivity contribution >= 4 is 17.5 Å². The standard InChI is InChI=1S/C14H18N2O2/c1-10-6-7-12(16-8-4-5-13(16)17)11(9-10)14(18)15(2)3/h6-7,9H,4-5,8H2,1-3H3. The van der Waals surface area contributed by atoms with Crippen LogP contribution >= 0.6 is 0 Å². The smallest absolute Gasteiger partial charge is 0.255 e. The molecule has 2 amide bonds. The first-order chi connectivity index (χ1) is 8.50. The van der Waals surface area contributed by atoms with Crippen LogP contribution in [0.3, 0.4) is 0 Å². The molecule has 0 N–H and O–H groups in total. The van der Waals surface area contributed by atoms with Crippen LogP contribution in [0.15, 0.2) is 18.2 Å². The maximum atomic E-state index is 12.2. The molecule has 4 heteroatoms. The van der Waals surface area contributed by atoms with E-state index in [0.717, 1.165) is 17.7 Å². The van der Waals surface area contributed by atoms with E-state index in [2.05, 4.69) is 0 Å². The van der Waals surface area contributed by atoms with Gasteiger partial charge in [-0.3, -0.25) is 9.59 Å². The molecule has 18 heavy (non-hydrogen) atoms. The molecule has 0 bridgehead atoms. The summed E-state index contributed by atoms with van der Waals surface area (Å²) in [6, 6.07) is 5.66. The second-order valence-corrected chi connectivity index (χ2v) is 4.87. The Morgan fingerprint density at radius 2 is 2.06 bits per heavy atom. The van der Waals surface area contributed by atoms with Crippen LogP contribution < -0.4 is 4.90 Å². The van der Waals surface area contributed by atoms with Gasteiger partial charge in [0.2, 0.25) is 5.91 Å². The summed E-state index contributed by atoms with van der Waals surface area (Å²) in [4.78, 5) is 27.2. The quantitative estimate of drug-likeness (QED) is 0.798. The van der Waals surface area contributed by atoms with E-state index in [4.69, 9.17) is 0 Å². The summed E-state index contributed by atoms with van der Waals surface area (Å²) in [5.41, 5.74) is 2.37. The predicted octanol–water partition coefficient (Wildman–Crippen LogP) is 1.82. The summed E-state index contributed by atoms with van der Waals surface area (Å²) in [6.45, 7) is 2.65. The molecule has 1 fully saturated rings. The van der Waals surface area contributed by atoms with Crippen molar-refractivity contribution in [1.29, 1.82) is 0 Å². The number of carbonyl (C=O) groups excluding carboxylic acids is 2. The van der Waals surface area contributed by atoms with Crippen molar-refractivity contribution < 1.29 is 9.59 Å². The number of nitrogens with zero attached hydrogens (tertiary/aromatic N) is 2. The number of hydrogen-bond donors (Lipinski definition) is 0. The summed E-state index contributed by atoms with van der Waals surface area (Å²) in [5.74, 6) is 0.0417. The number of carbonyl (C=O) groups is 2. The summed E-state index contributed by atoms with van der Waals surface area (Å²) in [6.07, 6.45) is 1.44. The molecule has 96 valence electrons. The van der Waals surface area contributed by atoms with Crippen LogP contribution in [0.5, 0.6) is 0 Å².